The van der Waals surface area contributed by atoms with E-state index in [4.69, 9.17) is 0 Å². The van der Waals surface area contributed by atoms with Gasteiger partial charge in [0.15, 0.2) is 0 Å². The highest BCUT2D eigenvalue weighted by atomic mass is 79.9. The van der Waals surface area contributed by atoms with Gasteiger partial charge < -0.3 is 5.32 Å². The zero-order valence-corrected chi connectivity index (χ0v) is 20.0. The van der Waals surface area contributed by atoms with E-state index in [9.17, 15) is 14.4 Å². The summed E-state index contributed by atoms with van der Waals surface area (Å²) in [6, 6.07) is 15.0. The molecule has 3 rings (SSSR count). The molecule has 160 valence electrons. The number of anilines is 1. The van der Waals surface area contributed by atoms with Crippen LogP contribution in [0.5, 0.6) is 0 Å². The second-order valence-electron chi connectivity index (χ2n) is 8.20. The van der Waals surface area contributed by atoms with Crippen LogP contribution in [0.2, 0.25) is 0 Å². The summed E-state index contributed by atoms with van der Waals surface area (Å²) < 4.78 is 0.217. The highest BCUT2D eigenvalue weighted by Gasteiger charge is 2.35. The van der Waals surface area contributed by atoms with Crippen molar-refractivity contribution in [3.05, 3.63) is 81.2 Å². The molecular weight excluding hydrogens is 476 g/mol. The molecular formula is C24H23BrN2O3S. The molecule has 0 bridgehead atoms. The van der Waals surface area contributed by atoms with E-state index >= 15 is 0 Å². The zero-order valence-electron chi connectivity index (χ0n) is 17.6. The van der Waals surface area contributed by atoms with Gasteiger partial charge in [-0.2, -0.15) is 0 Å². The van der Waals surface area contributed by atoms with Gasteiger partial charge in [-0.25, -0.2) is 0 Å². The van der Waals surface area contributed by atoms with Gasteiger partial charge in [0.2, 0.25) is 0 Å². The lowest BCUT2D eigenvalue weighted by atomic mass is 9.87. The number of hydrogen-bond donors (Lipinski definition) is 1. The number of nitrogens with one attached hydrogen (secondary N) is 1. The van der Waals surface area contributed by atoms with Crippen LogP contribution in [-0.2, 0) is 21.5 Å². The Kier molecular flexibility index (Phi) is 6.86. The number of amides is 3. The van der Waals surface area contributed by atoms with E-state index in [1.807, 2.05) is 24.3 Å². The Bertz CT molecular complexity index is 1080. The Morgan fingerprint density at radius 1 is 1.16 bits per heavy atom. The quantitative estimate of drug-likeness (QED) is 0.508. The number of halogens is 1. The lowest BCUT2D eigenvalue weighted by Crippen LogP contribution is -2.27. The third-order valence-electron chi connectivity index (χ3n) is 4.72. The summed E-state index contributed by atoms with van der Waals surface area (Å²) in [6.07, 6.45) is 1.66. The SMILES string of the molecule is C=C(Br)C(=O)Nc1cccc(/C=C2\SC(=O)N(Cc3ccc(C(C)(C)C)cc3)C2=O)c1. The van der Waals surface area contributed by atoms with E-state index in [0.29, 0.717) is 16.2 Å². The van der Waals surface area contributed by atoms with Crippen molar-refractivity contribution in [2.24, 2.45) is 0 Å². The van der Waals surface area contributed by atoms with E-state index in [-0.39, 0.29) is 33.5 Å². The summed E-state index contributed by atoms with van der Waals surface area (Å²) in [5.74, 6) is -0.673. The van der Waals surface area contributed by atoms with Gasteiger partial charge in [-0.15, -0.1) is 0 Å². The predicted molar refractivity (Wildman–Crippen MR) is 130 cm³/mol. The molecule has 2 aromatic carbocycles. The van der Waals surface area contributed by atoms with Gasteiger partial charge in [0.05, 0.1) is 15.9 Å². The largest absolute Gasteiger partial charge is 0.322 e. The first-order valence-electron chi connectivity index (χ1n) is 9.65. The van der Waals surface area contributed by atoms with Crippen molar-refractivity contribution in [2.45, 2.75) is 32.7 Å². The zero-order chi connectivity index (χ0) is 22.8. The van der Waals surface area contributed by atoms with E-state index in [2.05, 4.69) is 48.6 Å². The molecule has 0 radical (unpaired) electrons. The number of rotatable bonds is 5. The summed E-state index contributed by atoms with van der Waals surface area (Å²) in [7, 11) is 0. The average Bonchev–Trinajstić information content (AvgIpc) is 2.95. The second kappa shape index (κ2) is 9.24. The minimum Gasteiger partial charge on any atom is -0.322 e. The van der Waals surface area contributed by atoms with Crippen LogP contribution in [0.3, 0.4) is 0 Å². The molecule has 1 aliphatic heterocycles. The Hall–Kier alpha value is -2.64. The molecule has 0 aliphatic carbocycles. The third-order valence-corrected chi connectivity index (χ3v) is 5.99. The van der Waals surface area contributed by atoms with Gasteiger partial charge in [0.1, 0.15) is 0 Å². The monoisotopic (exact) mass is 498 g/mol. The number of benzene rings is 2. The van der Waals surface area contributed by atoms with Crippen molar-refractivity contribution >= 4 is 56.5 Å². The summed E-state index contributed by atoms with van der Waals surface area (Å²) in [5.41, 5.74) is 3.41. The summed E-state index contributed by atoms with van der Waals surface area (Å²) in [6.45, 7) is 10.2. The second-order valence-corrected chi connectivity index (χ2v) is 10.1. The van der Waals surface area contributed by atoms with E-state index in [1.165, 1.54) is 10.5 Å². The highest BCUT2D eigenvalue weighted by Crippen LogP contribution is 2.34. The normalized spacial score (nSPS) is 15.5. The van der Waals surface area contributed by atoms with E-state index in [0.717, 1.165) is 17.3 Å². The van der Waals surface area contributed by atoms with E-state index < -0.39 is 0 Å². The number of hydrogen-bond acceptors (Lipinski definition) is 4. The van der Waals surface area contributed by atoms with Gasteiger partial charge in [-0.3, -0.25) is 19.3 Å². The molecule has 0 unspecified atom stereocenters. The lowest BCUT2D eigenvalue weighted by Gasteiger charge is -2.20. The summed E-state index contributed by atoms with van der Waals surface area (Å²) >= 11 is 3.96. The molecule has 5 nitrogen and oxygen atoms in total. The van der Waals surface area contributed by atoms with Gasteiger partial charge in [-0.05, 0) is 68.0 Å². The molecule has 1 saturated heterocycles. The van der Waals surface area contributed by atoms with Crippen molar-refractivity contribution in [1.82, 2.24) is 4.90 Å². The number of imide groups is 1. The molecule has 1 aliphatic rings. The average molecular weight is 499 g/mol. The first-order valence-corrected chi connectivity index (χ1v) is 11.3. The molecule has 0 spiro atoms. The smallest absolute Gasteiger partial charge is 0.293 e. The van der Waals surface area contributed by atoms with Gasteiger partial charge in [0.25, 0.3) is 17.1 Å². The van der Waals surface area contributed by atoms with Gasteiger partial charge >= 0.3 is 0 Å². The fraction of sp³-hybridized carbons (Fsp3) is 0.208. The van der Waals surface area contributed by atoms with Crippen LogP contribution in [0, 0.1) is 0 Å². The third kappa shape index (κ3) is 5.74. The maximum atomic E-state index is 12.8. The topological polar surface area (TPSA) is 66.5 Å². The minimum atomic E-state index is -0.352. The molecule has 1 fully saturated rings. The fourth-order valence-electron chi connectivity index (χ4n) is 2.99. The van der Waals surface area contributed by atoms with Crippen LogP contribution < -0.4 is 5.32 Å². The molecule has 7 heteroatoms. The minimum absolute atomic E-state index is 0.0410. The van der Waals surface area contributed by atoms with Gasteiger partial charge in [0, 0.05) is 5.69 Å². The number of thioether (sulfide) groups is 1. The van der Waals surface area contributed by atoms with E-state index in [1.54, 1.807) is 30.3 Å². The standard InChI is InChI=1S/C24H23BrN2O3S/c1-15(25)21(28)26-19-7-5-6-17(12-19)13-20-22(29)27(23(30)31-20)14-16-8-10-18(11-9-16)24(2,3)4/h5-13H,1,14H2,2-4H3,(H,26,28)/b20-13-. The molecule has 2 aromatic rings. The van der Waals surface area contributed by atoms with Crippen molar-refractivity contribution < 1.29 is 14.4 Å². The Morgan fingerprint density at radius 3 is 2.45 bits per heavy atom. The predicted octanol–water partition coefficient (Wildman–Crippen LogP) is 6.07. The lowest BCUT2D eigenvalue weighted by molar-refractivity contribution is -0.123. The van der Waals surface area contributed by atoms with Crippen LogP contribution in [0.15, 0.2) is 64.5 Å². The van der Waals surface area contributed by atoms with Crippen molar-refractivity contribution in [3.8, 4) is 0 Å². The van der Waals surface area contributed by atoms with Crippen LogP contribution in [-0.4, -0.2) is 22.0 Å². The molecule has 3 amide bonds. The summed E-state index contributed by atoms with van der Waals surface area (Å²) in [4.78, 5) is 38.7. The molecule has 0 saturated carbocycles. The fourth-order valence-corrected chi connectivity index (χ4v) is 3.92. The highest BCUT2D eigenvalue weighted by molar-refractivity contribution is 9.12. The molecule has 1 heterocycles. The summed E-state index contributed by atoms with van der Waals surface area (Å²) in [5, 5.41) is 2.40. The number of nitrogens with zero attached hydrogens (tertiary/aromatic N) is 1. The first kappa shape index (κ1) is 23.0. The molecule has 0 aromatic heterocycles. The van der Waals surface area contributed by atoms with Crippen molar-refractivity contribution in [3.63, 3.8) is 0 Å². The van der Waals surface area contributed by atoms with Crippen LogP contribution in [0.4, 0.5) is 10.5 Å². The number of carbonyl (C=O) groups excluding carboxylic acids is 3. The maximum absolute atomic E-state index is 12.8. The molecule has 1 N–H and O–H groups in total. The van der Waals surface area contributed by atoms with Crippen LogP contribution in [0.25, 0.3) is 6.08 Å². The molecule has 0 atom stereocenters. The van der Waals surface area contributed by atoms with Crippen LogP contribution >= 0.6 is 27.7 Å². The molecule has 31 heavy (non-hydrogen) atoms. The first-order chi connectivity index (χ1) is 14.5. The Labute approximate surface area is 194 Å². The maximum Gasteiger partial charge on any atom is 0.293 e. The van der Waals surface area contributed by atoms with Gasteiger partial charge in [-0.1, -0.05) is 63.7 Å². The Morgan fingerprint density at radius 2 is 1.84 bits per heavy atom. The van der Waals surface area contributed by atoms with Crippen molar-refractivity contribution in [2.75, 3.05) is 5.32 Å². The Balaban J connectivity index is 1.75. The number of carbonyl (C=O) groups is 3. The van der Waals surface area contributed by atoms with Crippen LogP contribution in [0.1, 0.15) is 37.5 Å². The van der Waals surface area contributed by atoms with Crippen molar-refractivity contribution in [1.29, 1.82) is 0 Å².